The Morgan fingerprint density at radius 1 is 1.23 bits per heavy atom. The third-order valence-electron chi connectivity index (χ3n) is 4.90. The summed E-state index contributed by atoms with van der Waals surface area (Å²) in [6, 6.07) is 10.9. The Morgan fingerprint density at radius 2 is 2.03 bits per heavy atom. The van der Waals surface area contributed by atoms with Crippen molar-refractivity contribution >= 4 is 28.7 Å². The molecule has 0 aliphatic rings. The number of hydrogen-bond acceptors (Lipinski definition) is 4. The Balaban J connectivity index is 1.70. The predicted octanol–water partition coefficient (Wildman–Crippen LogP) is 3.39. The smallest absolute Gasteiger partial charge is 0.277 e. The molecule has 0 saturated heterocycles. The number of hydrogen-bond donors (Lipinski definition) is 2. The summed E-state index contributed by atoms with van der Waals surface area (Å²) < 4.78 is 16.2. The van der Waals surface area contributed by atoms with Crippen LogP contribution in [0.2, 0.25) is 5.02 Å². The number of carbonyl (C=O) groups excluding carboxylic acids is 1. The van der Waals surface area contributed by atoms with Crippen molar-refractivity contribution in [1.29, 1.82) is 0 Å². The van der Waals surface area contributed by atoms with Crippen LogP contribution in [-0.2, 0) is 17.9 Å². The van der Waals surface area contributed by atoms with Gasteiger partial charge in [0.25, 0.3) is 5.56 Å². The number of rotatable bonds is 5. The van der Waals surface area contributed by atoms with Crippen LogP contribution in [0.4, 0.5) is 10.1 Å². The van der Waals surface area contributed by atoms with E-state index in [1.165, 1.54) is 39.7 Å². The number of carbonyl (C=O) groups is 1. The Morgan fingerprint density at radius 3 is 2.77 bits per heavy atom. The summed E-state index contributed by atoms with van der Waals surface area (Å²) in [6.45, 7) is 1.12. The van der Waals surface area contributed by atoms with E-state index in [4.69, 9.17) is 11.6 Å². The average Bonchev–Trinajstić information content (AvgIpc) is 3.12. The number of nitrogens with one attached hydrogen (secondary N) is 1. The molecule has 2 heterocycles. The molecule has 1 amide bonds. The first-order chi connectivity index (χ1) is 14.9. The lowest BCUT2D eigenvalue weighted by Gasteiger charge is -2.10. The summed E-state index contributed by atoms with van der Waals surface area (Å²) in [6.07, 6.45) is 2.94. The topological polar surface area (TPSA) is 88.6 Å². The van der Waals surface area contributed by atoms with Gasteiger partial charge in [0.05, 0.1) is 12.3 Å². The van der Waals surface area contributed by atoms with E-state index in [9.17, 15) is 19.1 Å². The Bertz CT molecular complexity index is 1360. The second-order valence-electron chi connectivity index (χ2n) is 7.03. The minimum Gasteiger partial charge on any atom is -0.392 e. The van der Waals surface area contributed by atoms with Gasteiger partial charge in [-0.1, -0.05) is 29.8 Å². The van der Waals surface area contributed by atoms with E-state index in [0.717, 1.165) is 5.56 Å². The number of anilines is 1. The van der Waals surface area contributed by atoms with Crippen molar-refractivity contribution in [3.05, 3.63) is 87.2 Å². The molecule has 4 aromatic rings. The maximum absolute atomic E-state index is 13.6. The maximum Gasteiger partial charge on any atom is 0.277 e. The third kappa shape index (κ3) is 4.08. The largest absolute Gasteiger partial charge is 0.392 e. The fraction of sp³-hybridized carbons (Fsp3) is 0.136. The van der Waals surface area contributed by atoms with Crippen LogP contribution in [0.1, 0.15) is 11.1 Å². The van der Waals surface area contributed by atoms with Gasteiger partial charge in [0.1, 0.15) is 17.9 Å². The van der Waals surface area contributed by atoms with Crippen LogP contribution in [0.25, 0.3) is 16.8 Å². The van der Waals surface area contributed by atoms with Crippen LogP contribution in [0, 0.1) is 12.7 Å². The van der Waals surface area contributed by atoms with Gasteiger partial charge in [-0.2, -0.15) is 5.10 Å². The fourth-order valence-corrected chi connectivity index (χ4v) is 3.54. The molecule has 2 aromatic carbocycles. The van der Waals surface area contributed by atoms with Crippen LogP contribution in [0.15, 0.2) is 59.7 Å². The van der Waals surface area contributed by atoms with Gasteiger partial charge in [0.15, 0.2) is 0 Å². The van der Waals surface area contributed by atoms with Crippen LogP contribution < -0.4 is 10.9 Å². The molecule has 0 aliphatic carbocycles. The molecular weight excluding hydrogens is 423 g/mol. The predicted molar refractivity (Wildman–Crippen MR) is 116 cm³/mol. The molecule has 0 fully saturated rings. The molecule has 7 nitrogen and oxygen atoms in total. The Labute approximate surface area is 181 Å². The minimum absolute atomic E-state index is 0.121. The lowest BCUT2D eigenvalue weighted by molar-refractivity contribution is -0.116. The zero-order valence-corrected chi connectivity index (χ0v) is 17.2. The first kappa shape index (κ1) is 20.8. The van der Waals surface area contributed by atoms with Gasteiger partial charge in [-0.05, 0) is 36.8 Å². The van der Waals surface area contributed by atoms with E-state index >= 15 is 0 Å². The molecule has 2 aromatic heterocycles. The van der Waals surface area contributed by atoms with Gasteiger partial charge in [-0.3, -0.25) is 9.59 Å². The number of halogens is 2. The highest BCUT2D eigenvalue weighted by Gasteiger charge is 2.19. The molecule has 9 heteroatoms. The standard InChI is InChI=1S/C22H18ClFN4O3/c1-13-5-6-15(23)10-18(13)25-19(30)11-27-7-8-28-21(22(27)31)17(12-29)20(26-28)14-3-2-4-16(24)9-14/h2-10,29H,11-12H2,1H3,(H,25,30). The van der Waals surface area contributed by atoms with Crippen LogP contribution in [0.5, 0.6) is 0 Å². The van der Waals surface area contributed by atoms with Crippen molar-refractivity contribution in [2.24, 2.45) is 0 Å². The highest BCUT2D eigenvalue weighted by molar-refractivity contribution is 6.31. The summed E-state index contributed by atoms with van der Waals surface area (Å²) in [7, 11) is 0. The number of aliphatic hydroxyl groups is 1. The summed E-state index contributed by atoms with van der Waals surface area (Å²) in [5.74, 6) is -0.865. The van der Waals surface area contributed by atoms with E-state index in [0.29, 0.717) is 22.0 Å². The molecule has 0 radical (unpaired) electrons. The number of aliphatic hydroxyl groups excluding tert-OH is 1. The lowest BCUT2D eigenvalue weighted by Crippen LogP contribution is -2.28. The summed E-state index contributed by atoms with van der Waals surface area (Å²) in [5.41, 5.74) is 2.01. The fourth-order valence-electron chi connectivity index (χ4n) is 3.37. The molecule has 2 N–H and O–H groups in total. The Hall–Kier alpha value is -3.49. The van der Waals surface area contributed by atoms with Gasteiger partial charge in [0, 0.05) is 34.2 Å². The zero-order valence-electron chi connectivity index (χ0n) is 16.5. The third-order valence-corrected chi connectivity index (χ3v) is 5.14. The molecule has 158 valence electrons. The van der Waals surface area contributed by atoms with E-state index < -0.39 is 23.9 Å². The number of nitrogens with zero attached hydrogens (tertiary/aromatic N) is 3. The molecule has 31 heavy (non-hydrogen) atoms. The second kappa shape index (κ2) is 8.33. The van der Waals surface area contributed by atoms with Gasteiger partial charge >= 0.3 is 0 Å². The molecule has 4 rings (SSSR count). The zero-order chi connectivity index (χ0) is 22.1. The number of amides is 1. The Kier molecular flexibility index (Phi) is 5.58. The van der Waals surface area contributed by atoms with Gasteiger partial charge in [0.2, 0.25) is 5.91 Å². The summed E-state index contributed by atoms with van der Waals surface area (Å²) in [5, 5.41) is 17.5. The molecule has 0 saturated carbocycles. The van der Waals surface area contributed by atoms with E-state index in [1.54, 1.807) is 24.3 Å². The number of aromatic nitrogens is 3. The molecule has 0 spiro atoms. The highest BCUT2D eigenvalue weighted by atomic mass is 35.5. The van der Waals surface area contributed by atoms with Crippen molar-refractivity contribution in [1.82, 2.24) is 14.2 Å². The van der Waals surface area contributed by atoms with Crippen LogP contribution >= 0.6 is 11.6 Å². The summed E-state index contributed by atoms with van der Waals surface area (Å²) >= 11 is 5.98. The highest BCUT2D eigenvalue weighted by Crippen LogP contribution is 2.25. The lowest BCUT2D eigenvalue weighted by atomic mass is 10.1. The number of fused-ring (bicyclic) bond motifs is 1. The molecule has 0 atom stereocenters. The van der Waals surface area contributed by atoms with Crippen LogP contribution in [0.3, 0.4) is 0 Å². The number of aryl methyl sites for hydroxylation is 1. The average molecular weight is 441 g/mol. The normalized spacial score (nSPS) is 11.1. The molecule has 0 aliphatic heterocycles. The molecular formula is C22H18ClFN4O3. The van der Waals surface area contributed by atoms with Gasteiger partial charge < -0.3 is 15.0 Å². The van der Waals surface area contributed by atoms with Crippen molar-refractivity contribution in [3.8, 4) is 11.3 Å². The van der Waals surface area contributed by atoms with E-state index in [2.05, 4.69) is 10.4 Å². The molecule has 0 unspecified atom stereocenters. The first-order valence-electron chi connectivity index (χ1n) is 9.41. The van der Waals surface area contributed by atoms with E-state index in [1.807, 2.05) is 6.92 Å². The summed E-state index contributed by atoms with van der Waals surface area (Å²) in [4.78, 5) is 25.6. The van der Waals surface area contributed by atoms with E-state index in [-0.39, 0.29) is 17.6 Å². The second-order valence-corrected chi connectivity index (χ2v) is 7.46. The van der Waals surface area contributed by atoms with Gasteiger partial charge in [-0.15, -0.1) is 0 Å². The molecule has 0 bridgehead atoms. The van der Waals surface area contributed by atoms with Gasteiger partial charge in [-0.25, -0.2) is 8.91 Å². The van der Waals surface area contributed by atoms with Crippen molar-refractivity contribution in [2.75, 3.05) is 5.32 Å². The van der Waals surface area contributed by atoms with Crippen molar-refractivity contribution < 1.29 is 14.3 Å². The minimum atomic E-state index is -0.500. The number of benzene rings is 2. The van der Waals surface area contributed by atoms with Crippen molar-refractivity contribution in [3.63, 3.8) is 0 Å². The monoisotopic (exact) mass is 440 g/mol. The SMILES string of the molecule is Cc1ccc(Cl)cc1NC(=O)Cn1ccn2nc(-c3cccc(F)c3)c(CO)c2c1=O. The van der Waals surface area contributed by atoms with Crippen LogP contribution in [-0.4, -0.2) is 25.2 Å². The maximum atomic E-state index is 13.6. The quantitative estimate of drug-likeness (QED) is 0.498. The first-order valence-corrected chi connectivity index (χ1v) is 9.78. The van der Waals surface area contributed by atoms with Crippen molar-refractivity contribution in [2.45, 2.75) is 20.1 Å².